The number of rotatable bonds is 13. The Labute approximate surface area is 172 Å². The first-order valence-corrected chi connectivity index (χ1v) is 11.6. The van der Waals surface area contributed by atoms with Gasteiger partial charge in [-0.05, 0) is 108 Å². The lowest BCUT2D eigenvalue weighted by atomic mass is 10.0. The molecule has 0 saturated carbocycles. The Balaban J connectivity index is 2.26. The lowest BCUT2D eigenvalue weighted by molar-refractivity contribution is 0.863. The second kappa shape index (κ2) is 14.7. The minimum Gasteiger partial charge on any atom is -0.152 e. The quantitative estimate of drug-likeness (QED) is 0.297. The zero-order valence-corrected chi connectivity index (χ0v) is 19.1. The molecule has 0 radical (unpaired) electrons. The molecule has 0 aliphatic heterocycles. The Morgan fingerprint density at radius 1 is 0.815 bits per heavy atom. The fourth-order valence-electron chi connectivity index (χ4n) is 3.14. The van der Waals surface area contributed by atoms with E-state index >= 15 is 0 Å². The molecular weight excluding hydrogens is 344 g/mol. The normalized spacial score (nSPS) is 13.1. The largest absolute Gasteiger partial charge is 0.152 e. The van der Waals surface area contributed by atoms with Gasteiger partial charge < -0.3 is 0 Å². The van der Waals surface area contributed by atoms with E-state index < -0.39 is 0 Å². The van der Waals surface area contributed by atoms with Gasteiger partial charge in [0.1, 0.15) is 0 Å². The maximum absolute atomic E-state index is 2.47. The van der Waals surface area contributed by atoms with E-state index in [4.69, 9.17) is 0 Å². The van der Waals surface area contributed by atoms with Gasteiger partial charge in [-0.2, -0.15) is 11.3 Å². The molecule has 0 bridgehead atoms. The fourth-order valence-corrected chi connectivity index (χ4v) is 3.85. The molecule has 150 valence electrons. The van der Waals surface area contributed by atoms with Crippen molar-refractivity contribution < 1.29 is 0 Å². The Morgan fingerprint density at radius 3 is 2.00 bits per heavy atom. The highest BCUT2D eigenvalue weighted by atomic mass is 32.1. The smallest absolute Gasteiger partial charge is 0.00611 e. The van der Waals surface area contributed by atoms with Crippen molar-refractivity contribution in [3.05, 3.63) is 69.0 Å². The van der Waals surface area contributed by atoms with Crippen LogP contribution < -0.4 is 0 Å². The summed E-state index contributed by atoms with van der Waals surface area (Å²) in [6.07, 6.45) is 20.4. The van der Waals surface area contributed by atoms with Crippen LogP contribution in [-0.2, 0) is 6.42 Å². The molecule has 0 nitrogen and oxygen atoms in total. The van der Waals surface area contributed by atoms with E-state index in [-0.39, 0.29) is 0 Å². The fraction of sp³-hybridized carbons (Fsp3) is 0.538. The number of allylic oxidation sites excluding steroid dienone is 8. The summed E-state index contributed by atoms with van der Waals surface area (Å²) in [4.78, 5) is 0. The van der Waals surface area contributed by atoms with Crippen molar-refractivity contribution in [2.45, 2.75) is 92.4 Å². The number of aryl methyl sites for hydroxylation is 1. The first-order valence-electron chi connectivity index (χ1n) is 10.6. The third-order valence-electron chi connectivity index (χ3n) is 4.98. The predicted molar refractivity (Wildman–Crippen MR) is 126 cm³/mol. The zero-order valence-electron chi connectivity index (χ0n) is 18.3. The van der Waals surface area contributed by atoms with E-state index in [1.165, 1.54) is 80.1 Å². The topological polar surface area (TPSA) is 0 Å². The summed E-state index contributed by atoms with van der Waals surface area (Å²) in [7, 11) is 0. The first kappa shape index (κ1) is 23.7. The second-order valence-corrected chi connectivity index (χ2v) is 8.66. The maximum Gasteiger partial charge on any atom is -0.00611 e. The maximum atomic E-state index is 2.47. The van der Waals surface area contributed by atoms with Gasteiger partial charge >= 0.3 is 0 Å². The third-order valence-corrected chi connectivity index (χ3v) is 5.71. The van der Waals surface area contributed by atoms with Crippen LogP contribution in [0.25, 0.3) is 0 Å². The molecule has 27 heavy (non-hydrogen) atoms. The lowest BCUT2D eigenvalue weighted by Crippen LogP contribution is -1.85. The summed E-state index contributed by atoms with van der Waals surface area (Å²) >= 11 is 1.80. The Kier molecular flexibility index (Phi) is 12.9. The summed E-state index contributed by atoms with van der Waals surface area (Å²) in [6.45, 7) is 11.2. The average Bonchev–Trinajstić information content (AvgIpc) is 3.13. The van der Waals surface area contributed by atoms with Gasteiger partial charge in [-0.3, -0.25) is 0 Å². The molecular formula is C26H40S. The Hall–Kier alpha value is -1.34. The van der Waals surface area contributed by atoms with Crippen LogP contribution in [0, 0.1) is 0 Å². The molecule has 0 aliphatic rings. The summed E-state index contributed by atoms with van der Waals surface area (Å²) < 4.78 is 0. The van der Waals surface area contributed by atoms with Gasteiger partial charge in [0.25, 0.3) is 0 Å². The van der Waals surface area contributed by atoms with Crippen molar-refractivity contribution in [2.75, 3.05) is 0 Å². The molecule has 0 N–H and O–H groups in total. The molecule has 0 spiro atoms. The average molecular weight is 385 g/mol. The van der Waals surface area contributed by atoms with Gasteiger partial charge in [0.2, 0.25) is 0 Å². The molecule has 0 saturated heterocycles. The predicted octanol–water partition coefficient (Wildman–Crippen LogP) is 9.22. The van der Waals surface area contributed by atoms with Crippen LogP contribution >= 0.6 is 11.3 Å². The van der Waals surface area contributed by atoms with Crippen LogP contribution in [0.4, 0.5) is 0 Å². The van der Waals surface area contributed by atoms with E-state index in [0.29, 0.717) is 0 Å². The van der Waals surface area contributed by atoms with E-state index in [1.54, 1.807) is 16.9 Å². The minimum absolute atomic E-state index is 1.18. The van der Waals surface area contributed by atoms with Gasteiger partial charge in [0.05, 0.1) is 0 Å². The summed E-state index contributed by atoms with van der Waals surface area (Å²) in [5.41, 5.74) is 7.59. The van der Waals surface area contributed by atoms with Crippen LogP contribution in [0.3, 0.4) is 0 Å². The van der Waals surface area contributed by atoms with Gasteiger partial charge in [0, 0.05) is 0 Å². The van der Waals surface area contributed by atoms with Crippen molar-refractivity contribution in [2.24, 2.45) is 0 Å². The number of hydrogen-bond acceptors (Lipinski definition) is 1. The van der Waals surface area contributed by atoms with Crippen LogP contribution in [0.15, 0.2) is 63.4 Å². The number of hydrogen-bond donors (Lipinski definition) is 0. The van der Waals surface area contributed by atoms with Gasteiger partial charge in [0.15, 0.2) is 0 Å². The molecule has 0 aromatic carbocycles. The molecule has 0 aliphatic carbocycles. The minimum atomic E-state index is 1.18. The summed E-state index contributed by atoms with van der Waals surface area (Å²) in [6, 6.07) is 2.24. The highest BCUT2D eigenvalue weighted by molar-refractivity contribution is 7.07. The summed E-state index contributed by atoms with van der Waals surface area (Å²) in [5, 5.41) is 4.44. The van der Waals surface area contributed by atoms with Crippen molar-refractivity contribution >= 4 is 11.3 Å². The summed E-state index contributed by atoms with van der Waals surface area (Å²) in [5.74, 6) is 0. The van der Waals surface area contributed by atoms with Crippen LogP contribution in [0.1, 0.15) is 91.5 Å². The molecule has 1 aromatic heterocycles. The highest BCUT2D eigenvalue weighted by Crippen LogP contribution is 2.16. The second-order valence-electron chi connectivity index (χ2n) is 7.88. The standard InChI is InChI=1S/C26H40S/c1-6-25(17-10-18-26-19-20-27-21-26)16-9-15-24(5)14-8-13-23(4)12-7-11-22(2)3/h11,13,15,17,19-21H,6-10,12,14,16,18H2,1-5H3/b23-13+,24-15+,25-17+. The molecule has 1 aromatic rings. The van der Waals surface area contributed by atoms with Gasteiger partial charge in [-0.25, -0.2) is 0 Å². The SMILES string of the molecule is CC/C(=C\CCc1ccsc1)CC/C=C(\C)CC/C=C(\C)CCC=C(C)C. The molecule has 0 unspecified atom stereocenters. The molecule has 1 rings (SSSR count). The Morgan fingerprint density at radius 2 is 1.44 bits per heavy atom. The highest BCUT2D eigenvalue weighted by Gasteiger charge is 1.97. The van der Waals surface area contributed by atoms with Crippen molar-refractivity contribution in [3.8, 4) is 0 Å². The van der Waals surface area contributed by atoms with E-state index in [9.17, 15) is 0 Å². The van der Waals surface area contributed by atoms with Crippen molar-refractivity contribution in [1.82, 2.24) is 0 Å². The first-order chi connectivity index (χ1) is 13.0. The van der Waals surface area contributed by atoms with E-state index in [1.807, 2.05) is 0 Å². The number of thiophene rings is 1. The van der Waals surface area contributed by atoms with E-state index in [2.05, 4.69) is 75.7 Å². The monoisotopic (exact) mass is 384 g/mol. The molecule has 0 atom stereocenters. The molecule has 1 heteroatoms. The van der Waals surface area contributed by atoms with E-state index in [0.717, 1.165) is 0 Å². The van der Waals surface area contributed by atoms with Crippen molar-refractivity contribution in [1.29, 1.82) is 0 Å². The molecule has 0 amide bonds. The van der Waals surface area contributed by atoms with Crippen molar-refractivity contribution in [3.63, 3.8) is 0 Å². The molecule has 1 heterocycles. The third kappa shape index (κ3) is 12.6. The van der Waals surface area contributed by atoms with Gasteiger partial charge in [-0.1, -0.05) is 53.5 Å². The Bertz CT molecular complexity index is 619. The molecule has 0 fully saturated rings. The zero-order chi connectivity index (χ0) is 19.9. The van der Waals surface area contributed by atoms with Crippen LogP contribution in [0.5, 0.6) is 0 Å². The van der Waals surface area contributed by atoms with Crippen LogP contribution in [0.2, 0.25) is 0 Å². The lowest BCUT2D eigenvalue weighted by Gasteiger charge is -2.05. The van der Waals surface area contributed by atoms with Crippen LogP contribution in [-0.4, -0.2) is 0 Å². The van der Waals surface area contributed by atoms with Gasteiger partial charge in [-0.15, -0.1) is 0 Å².